The number of halogens is 3. The summed E-state index contributed by atoms with van der Waals surface area (Å²) in [5, 5.41) is 3.07. The third-order valence-corrected chi connectivity index (χ3v) is 7.07. The summed E-state index contributed by atoms with van der Waals surface area (Å²) in [7, 11) is 0. The molecule has 0 aliphatic heterocycles. The largest absolute Gasteiger partial charge is 0.483 e. The number of thiophene rings is 1. The number of carbonyl (C=O) groups excluding carboxylic acids is 4. The molecule has 0 aliphatic carbocycles. The van der Waals surface area contributed by atoms with Gasteiger partial charge in [-0.25, -0.2) is 23.2 Å². The minimum absolute atomic E-state index is 0.0176. The zero-order valence-electron chi connectivity index (χ0n) is 23.3. The summed E-state index contributed by atoms with van der Waals surface area (Å²) in [6.45, 7) is 7.06. The van der Waals surface area contributed by atoms with E-state index in [2.05, 4.69) is 5.32 Å². The second-order valence-corrected chi connectivity index (χ2v) is 11.8. The summed E-state index contributed by atoms with van der Waals surface area (Å²) in [6.07, 6.45) is -0.820. The van der Waals surface area contributed by atoms with Gasteiger partial charge in [0.1, 0.15) is 23.1 Å². The van der Waals surface area contributed by atoms with Crippen LogP contribution in [0, 0.1) is 17.6 Å². The molecule has 3 N–H and O–H groups in total. The van der Waals surface area contributed by atoms with E-state index in [-0.39, 0.29) is 26.9 Å². The molecule has 0 fully saturated rings. The van der Waals surface area contributed by atoms with E-state index < -0.39 is 66.4 Å². The highest BCUT2D eigenvalue weighted by molar-refractivity contribution is 7.21. The zero-order valence-corrected chi connectivity index (χ0v) is 24.9. The van der Waals surface area contributed by atoms with Gasteiger partial charge in [-0.3, -0.25) is 4.79 Å². The molecule has 2 amide bonds. The topological polar surface area (TPSA) is 143 Å². The van der Waals surface area contributed by atoms with Gasteiger partial charge in [0.15, 0.2) is 17.4 Å². The molecule has 3 rings (SSSR count). The van der Waals surface area contributed by atoms with Crippen molar-refractivity contribution in [2.24, 2.45) is 11.7 Å². The molecule has 1 aromatic heterocycles. The monoisotopic (exact) mass is 626 g/mol. The summed E-state index contributed by atoms with van der Waals surface area (Å²) in [6, 6.07) is 5.25. The minimum Gasteiger partial charge on any atom is -0.483 e. The number of carbonyl (C=O) groups is 4. The van der Waals surface area contributed by atoms with Gasteiger partial charge in [-0.2, -0.15) is 0 Å². The molecule has 3 aromatic rings. The van der Waals surface area contributed by atoms with Crippen LogP contribution in [0.4, 0.5) is 13.6 Å². The third kappa shape index (κ3) is 8.07. The van der Waals surface area contributed by atoms with E-state index in [9.17, 15) is 28.0 Å². The van der Waals surface area contributed by atoms with Crippen LogP contribution in [-0.4, -0.2) is 42.4 Å². The van der Waals surface area contributed by atoms with Crippen molar-refractivity contribution in [1.29, 1.82) is 0 Å². The number of ether oxygens (including phenoxy) is 4. The van der Waals surface area contributed by atoms with Gasteiger partial charge in [0.05, 0.1) is 0 Å². The molecule has 0 radical (unpaired) electrons. The molecule has 226 valence electrons. The van der Waals surface area contributed by atoms with E-state index in [1.54, 1.807) is 52.8 Å². The molecule has 0 saturated carbocycles. The first-order valence-corrected chi connectivity index (χ1v) is 13.7. The Balaban J connectivity index is 1.76. The van der Waals surface area contributed by atoms with E-state index in [1.165, 1.54) is 0 Å². The van der Waals surface area contributed by atoms with Crippen LogP contribution in [0.15, 0.2) is 30.3 Å². The maximum atomic E-state index is 14.5. The number of hydrogen-bond acceptors (Lipinski definition) is 9. The lowest BCUT2D eigenvalue weighted by Crippen LogP contribution is -2.47. The number of amides is 2. The van der Waals surface area contributed by atoms with Crippen LogP contribution in [0.3, 0.4) is 0 Å². The molecular formula is C28H29ClF2N2O8S. The van der Waals surface area contributed by atoms with E-state index in [0.717, 1.165) is 23.5 Å². The lowest BCUT2D eigenvalue weighted by Gasteiger charge is -2.24. The molecule has 0 bridgehead atoms. The second kappa shape index (κ2) is 13.3. The molecular weight excluding hydrogens is 598 g/mol. The van der Waals surface area contributed by atoms with Crippen molar-refractivity contribution in [2.45, 2.75) is 52.9 Å². The smallest absolute Gasteiger partial charge is 0.408 e. The van der Waals surface area contributed by atoms with Crippen molar-refractivity contribution in [3.63, 3.8) is 0 Å². The van der Waals surface area contributed by atoms with Crippen molar-refractivity contribution < 1.29 is 46.9 Å². The summed E-state index contributed by atoms with van der Waals surface area (Å²) in [5.41, 5.74) is 4.08. The number of hydrogen-bond donors (Lipinski definition) is 2. The van der Waals surface area contributed by atoms with Crippen LogP contribution in [0.5, 0.6) is 5.75 Å². The molecule has 10 nitrogen and oxygen atoms in total. The van der Waals surface area contributed by atoms with Crippen LogP contribution in [0.2, 0.25) is 5.02 Å². The van der Waals surface area contributed by atoms with Gasteiger partial charge in [-0.1, -0.05) is 31.5 Å². The van der Waals surface area contributed by atoms with Crippen molar-refractivity contribution in [3.8, 4) is 5.75 Å². The third-order valence-electron chi connectivity index (χ3n) is 5.58. The molecule has 42 heavy (non-hydrogen) atoms. The number of primary amides is 1. The fraction of sp³-hybridized carbons (Fsp3) is 0.357. The summed E-state index contributed by atoms with van der Waals surface area (Å²) in [4.78, 5) is 49.1. The molecule has 14 heteroatoms. The van der Waals surface area contributed by atoms with Crippen LogP contribution in [0.1, 0.15) is 60.2 Å². The first kappa shape index (κ1) is 32.5. The van der Waals surface area contributed by atoms with E-state index in [4.69, 9.17) is 36.3 Å². The van der Waals surface area contributed by atoms with Crippen LogP contribution in [-0.2, 0) is 25.6 Å². The number of fused-ring (bicyclic) bond motifs is 1. The highest BCUT2D eigenvalue weighted by atomic mass is 35.5. The SMILES string of the molecule is CC(C)C(NC(=O)OC(C)(C)C)C(=O)OCOC(=O)c1sc2cccc(Cl)c2c1COc1c(F)cc(C(N)=O)cc1F. The number of nitrogens with one attached hydrogen (secondary N) is 1. The van der Waals surface area contributed by atoms with Crippen LogP contribution in [0.25, 0.3) is 10.1 Å². The van der Waals surface area contributed by atoms with Crippen LogP contribution < -0.4 is 15.8 Å². The first-order valence-electron chi connectivity index (χ1n) is 12.5. The first-order chi connectivity index (χ1) is 19.6. The van der Waals surface area contributed by atoms with E-state index >= 15 is 0 Å². The lowest BCUT2D eigenvalue weighted by molar-refractivity contribution is -0.155. The predicted octanol–water partition coefficient (Wildman–Crippen LogP) is 5.72. The summed E-state index contributed by atoms with van der Waals surface area (Å²) < 4.78 is 50.3. The normalized spacial score (nSPS) is 12.1. The number of alkyl carbamates (subject to hydrolysis) is 1. The average Bonchev–Trinajstić information content (AvgIpc) is 3.25. The van der Waals surface area contributed by atoms with Gasteiger partial charge in [0, 0.05) is 26.2 Å². The summed E-state index contributed by atoms with van der Waals surface area (Å²) in [5.74, 6) is -6.35. The Kier molecular flexibility index (Phi) is 10.3. The maximum Gasteiger partial charge on any atom is 0.408 e. The molecule has 0 saturated heterocycles. The van der Waals surface area contributed by atoms with Crippen molar-refractivity contribution in [3.05, 3.63) is 63.0 Å². The predicted molar refractivity (Wildman–Crippen MR) is 150 cm³/mol. The molecule has 1 heterocycles. The lowest BCUT2D eigenvalue weighted by atomic mass is 10.1. The van der Waals surface area contributed by atoms with Gasteiger partial charge in [0.2, 0.25) is 12.7 Å². The van der Waals surface area contributed by atoms with Gasteiger partial charge in [0.25, 0.3) is 0 Å². The second-order valence-electron chi connectivity index (χ2n) is 10.3. The number of nitrogens with two attached hydrogens (primary N) is 1. The van der Waals surface area contributed by atoms with Crippen molar-refractivity contribution in [2.75, 3.05) is 6.79 Å². The number of rotatable bonds is 10. The summed E-state index contributed by atoms with van der Waals surface area (Å²) >= 11 is 7.34. The number of benzene rings is 2. The quantitative estimate of drug-likeness (QED) is 0.215. The average molecular weight is 627 g/mol. The molecule has 0 aliphatic rings. The Bertz CT molecular complexity index is 1500. The highest BCUT2D eigenvalue weighted by Gasteiger charge is 2.29. The zero-order chi connectivity index (χ0) is 31.4. The van der Waals surface area contributed by atoms with Crippen LogP contribution >= 0.6 is 22.9 Å². The Labute approximate surface area is 249 Å². The Hall–Kier alpha value is -3.97. The van der Waals surface area contributed by atoms with Crippen molar-refractivity contribution in [1.82, 2.24) is 5.32 Å². The van der Waals surface area contributed by atoms with Gasteiger partial charge in [-0.05, 0) is 51.0 Å². The molecule has 0 spiro atoms. The van der Waals surface area contributed by atoms with E-state index in [1.807, 2.05) is 0 Å². The Morgan fingerprint density at radius 2 is 1.71 bits per heavy atom. The molecule has 1 atom stereocenters. The standard InChI is InChI=1S/C28H29ClF2N2O8S/c1-13(2)21(33-27(37)41-28(3,4)5)25(35)39-12-40-26(36)23-15(20-16(29)7-6-8-19(20)42-23)11-38-22-17(30)9-14(24(32)34)10-18(22)31/h6-10,13,21H,11-12H2,1-5H3,(H2,32,34)(H,33,37). The highest BCUT2D eigenvalue weighted by Crippen LogP contribution is 2.37. The van der Waals surface area contributed by atoms with E-state index in [0.29, 0.717) is 10.1 Å². The number of esters is 2. The Morgan fingerprint density at radius 3 is 2.29 bits per heavy atom. The minimum atomic E-state index is -1.18. The van der Waals surface area contributed by atoms with Gasteiger partial charge < -0.3 is 30.0 Å². The molecule has 2 aromatic carbocycles. The fourth-order valence-corrected chi connectivity index (χ4v) is 5.16. The fourth-order valence-electron chi connectivity index (χ4n) is 3.68. The molecule has 1 unspecified atom stereocenters. The van der Waals surface area contributed by atoms with Gasteiger partial charge in [-0.15, -0.1) is 11.3 Å². The Morgan fingerprint density at radius 1 is 1.07 bits per heavy atom. The van der Waals surface area contributed by atoms with Crippen molar-refractivity contribution >= 4 is 57.0 Å². The van der Waals surface area contributed by atoms with Gasteiger partial charge >= 0.3 is 18.0 Å². The maximum absolute atomic E-state index is 14.5.